The Morgan fingerprint density at radius 1 is 1.17 bits per heavy atom. The van der Waals surface area contributed by atoms with Crippen LogP contribution in [-0.4, -0.2) is 47.4 Å². The summed E-state index contributed by atoms with van der Waals surface area (Å²) in [6.07, 6.45) is 0.712. The summed E-state index contributed by atoms with van der Waals surface area (Å²) in [6, 6.07) is 9.72. The molecule has 7 nitrogen and oxygen atoms in total. The number of nitrogen functional groups attached to an aromatic ring is 2. The zero-order valence-electron chi connectivity index (χ0n) is 13.8. The first-order valence-corrected chi connectivity index (χ1v) is 8.16. The highest BCUT2D eigenvalue weighted by Crippen LogP contribution is 2.34. The van der Waals surface area contributed by atoms with Crippen LogP contribution in [0.3, 0.4) is 0 Å². The van der Waals surface area contributed by atoms with Gasteiger partial charge in [0.05, 0.1) is 13.2 Å². The minimum Gasteiger partial charge on any atom is -0.469 e. The highest BCUT2D eigenvalue weighted by Gasteiger charge is 2.24. The van der Waals surface area contributed by atoms with E-state index >= 15 is 0 Å². The van der Waals surface area contributed by atoms with Crippen LogP contribution in [0, 0.1) is 0 Å². The molecule has 1 atom stereocenters. The topological polar surface area (TPSA) is 99.5 Å². The molecule has 7 heteroatoms. The number of hydrogen-bond donors (Lipinski definition) is 2. The summed E-state index contributed by atoms with van der Waals surface area (Å²) in [6.45, 7) is 5.15. The molecule has 2 aromatic rings. The van der Waals surface area contributed by atoms with Crippen LogP contribution in [0.2, 0.25) is 0 Å². The lowest BCUT2D eigenvalue weighted by Gasteiger charge is -2.34. The third kappa shape index (κ3) is 3.58. The summed E-state index contributed by atoms with van der Waals surface area (Å²) in [4.78, 5) is 10.7. The van der Waals surface area contributed by atoms with Gasteiger partial charge >= 0.3 is 0 Å². The average Bonchev–Trinajstić information content (AvgIpc) is 2.62. The SMILES string of the molecule is CCC(Oc1c(N)nc(N)nc1-c1ccccc1)N1CCOCC1. The van der Waals surface area contributed by atoms with E-state index in [4.69, 9.17) is 20.9 Å². The maximum Gasteiger partial charge on any atom is 0.222 e. The van der Waals surface area contributed by atoms with Crippen molar-refractivity contribution in [3.63, 3.8) is 0 Å². The molecule has 0 radical (unpaired) electrons. The number of ether oxygens (including phenoxy) is 2. The lowest BCUT2D eigenvalue weighted by Crippen LogP contribution is -2.46. The van der Waals surface area contributed by atoms with E-state index in [-0.39, 0.29) is 18.0 Å². The lowest BCUT2D eigenvalue weighted by atomic mass is 10.1. The first-order valence-electron chi connectivity index (χ1n) is 8.16. The Morgan fingerprint density at radius 3 is 2.54 bits per heavy atom. The minimum atomic E-state index is -0.106. The highest BCUT2D eigenvalue weighted by atomic mass is 16.5. The number of nitrogens with zero attached hydrogens (tertiary/aromatic N) is 3. The molecule has 1 unspecified atom stereocenters. The molecule has 4 N–H and O–H groups in total. The monoisotopic (exact) mass is 329 g/mol. The molecule has 1 aliphatic rings. The molecular formula is C17H23N5O2. The van der Waals surface area contributed by atoms with Gasteiger partial charge in [-0.05, 0) is 6.42 Å². The van der Waals surface area contributed by atoms with Gasteiger partial charge in [-0.25, -0.2) is 4.98 Å². The predicted octanol–water partition coefficient (Wildman–Crippen LogP) is 1.76. The molecule has 1 saturated heterocycles. The molecule has 1 aromatic carbocycles. The van der Waals surface area contributed by atoms with Gasteiger partial charge in [0.2, 0.25) is 5.95 Å². The van der Waals surface area contributed by atoms with Crippen molar-refractivity contribution in [2.75, 3.05) is 37.8 Å². The number of nitrogens with two attached hydrogens (primary N) is 2. The van der Waals surface area contributed by atoms with Gasteiger partial charge in [0, 0.05) is 18.7 Å². The first kappa shape index (κ1) is 16.5. The number of anilines is 2. The molecule has 0 amide bonds. The van der Waals surface area contributed by atoms with Gasteiger partial charge in [-0.2, -0.15) is 4.98 Å². The van der Waals surface area contributed by atoms with Gasteiger partial charge in [0.25, 0.3) is 0 Å². The Labute approximate surface area is 141 Å². The smallest absolute Gasteiger partial charge is 0.222 e. The summed E-state index contributed by atoms with van der Waals surface area (Å²) in [5.74, 6) is 0.875. The van der Waals surface area contributed by atoms with Gasteiger partial charge in [0.15, 0.2) is 17.8 Å². The van der Waals surface area contributed by atoms with Crippen LogP contribution < -0.4 is 16.2 Å². The van der Waals surface area contributed by atoms with Gasteiger partial charge in [-0.1, -0.05) is 37.3 Å². The van der Waals surface area contributed by atoms with Crippen LogP contribution >= 0.6 is 0 Å². The molecule has 0 bridgehead atoms. The van der Waals surface area contributed by atoms with Crippen LogP contribution in [0.25, 0.3) is 11.3 Å². The van der Waals surface area contributed by atoms with Crippen molar-refractivity contribution in [1.29, 1.82) is 0 Å². The van der Waals surface area contributed by atoms with Crippen LogP contribution in [0.5, 0.6) is 5.75 Å². The maximum absolute atomic E-state index is 6.24. The van der Waals surface area contributed by atoms with E-state index < -0.39 is 0 Å². The minimum absolute atomic E-state index is 0.106. The van der Waals surface area contributed by atoms with E-state index in [9.17, 15) is 0 Å². The molecule has 0 aliphatic carbocycles. The standard InChI is InChI=1S/C17H23N5O2/c1-2-13(22-8-10-23-11-9-22)24-15-14(12-6-4-3-5-7-12)20-17(19)21-16(15)18/h3-7,13H,2,8-11H2,1H3,(H4,18,19,20,21). The number of rotatable bonds is 5. The van der Waals surface area contributed by atoms with Crippen molar-refractivity contribution in [2.45, 2.75) is 19.6 Å². The average molecular weight is 329 g/mol. The van der Waals surface area contributed by atoms with E-state index in [1.54, 1.807) is 0 Å². The summed E-state index contributed by atoms with van der Waals surface area (Å²) in [7, 11) is 0. The molecule has 3 rings (SSSR count). The van der Waals surface area contributed by atoms with Crippen molar-refractivity contribution in [3.05, 3.63) is 30.3 Å². The Hall–Kier alpha value is -2.38. The number of benzene rings is 1. The number of hydrogen-bond acceptors (Lipinski definition) is 7. The first-order chi connectivity index (χ1) is 11.7. The molecule has 128 valence electrons. The fourth-order valence-corrected chi connectivity index (χ4v) is 2.81. The fraction of sp³-hybridized carbons (Fsp3) is 0.412. The molecule has 0 saturated carbocycles. The Balaban J connectivity index is 1.94. The molecule has 0 spiro atoms. The van der Waals surface area contributed by atoms with Crippen molar-refractivity contribution >= 4 is 11.8 Å². The van der Waals surface area contributed by atoms with Crippen molar-refractivity contribution < 1.29 is 9.47 Å². The van der Waals surface area contributed by atoms with E-state index in [0.29, 0.717) is 24.7 Å². The second-order valence-corrected chi connectivity index (χ2v) is 5.64. The highest BCUT2D eigenvalue weighted by molar-refractivity contribution is 5.73. The molecule has 24 heavy (non-hydrogen) atoms. The quantitative estimate of drug-likeness (QED) is 0.862. The van der Waals surface area contributed by atoms with Gasteiger partial charge < -0.3 is 20.9 Å². The van der Waals surface area contributed by atoms with Crippen molar-refractivity contribution in [3.8, 4) is 17.0 Å². The summed E-state index contributed by atoms with van der Waals surface area (Å²) in [5, 5.41) is 0. The van der Waals surface area contributed by atoms with Crippen LogP contribution in [0.1, 0.15) is 13.3 Å². The fourth-order valence-electron chi connectivity index (χ4n) is 2.81. The van der Waals surface area contributed by atoms with Gasteiger partial charge in [-0.3, -0.25) is 4.90 Å². The zero-order valence-corrected chi connectivity index (χ0v) is 13.8. The molecule has 2 heterocycles. The molecule has 1 aliphatic heterocycles. The summed E-state index contributed by atoms with van der Waals surface area (Å²) < 4.78 is 11.7. The second-order valence-electron chi connectivity index (χ2n) is 5.64. The van der Waals surface area contributed by atoms with Crippen molar-refractivity contribution in [2.24, 2.45) is 0 Å². The van der Waals surface area contributed by atoms with E-state index in [1.165, 1.54) is 0 Å². The summed E-state index contributed by atoms with van der Waals surface area (Å²) >= 11 is 0. The number of morpholine rings is 1. The third-order valence-corrected chi connectivity index (χ3v) is 4.01. The number of aromatic nitrogens is 2. The van der Waals surface area contributed by atoms with Crippen LogP contribution in [-0.2, 0) is 4.74 Å². The summed E-state index contributed by atoms with van der Waals surface area (Å²) in [5.41, 5.74) is 13.4. The van der Waals surface area contributed by atoms with Crippen molar-refractivity contribution in [1.82, 2.24) is 14.9 Å². The van der Waals surface area contributed by atoms with Gasteiger partial charge in [0.1, 0.15) is 5.69 Å². The van der Waals surface area contributed by atoms with E-state index in [1.807, 2.05) is 30.3 Å². The predicted molar refractivity (Wildman–Crippen MR) is 93.4 cm³/mol. The van der Waals surface area contributed by atoms with Gasteiger partial charge in [-0.15, -0.1) is 0 Å². The lowest BCUT2D eigenvalue weighted by molar-refractivity contribution is -0.0465. The normalized spacial score (nSPS) is 16.7. The molecular weight excluding hydrogens is 306 g/mol. The Bertz CT molecular complexity index is 674. The van der Waals surface area contributed by atoms with E-state index in [2.05, 4.69) is 21.8 Å². The van der Waals surface area contributed by atoms with E-state index in [0.717, 1.165) is 25.1 Å². The zero-order chi connectivity index (χ0) is 16.9. The largest absolute Gasteiger partial charge is 0.469 e. The Morgan fingerprint density at radius 2 is 1.88 bits per heavy atom. The Kier molecular flexibility index (Phi) is 5.12. The third-order valence-electron chi connectivity index (χ3n) is 4.01. The second kappa shape index (κ2) is 7.46. The molecule has 1 fully saturated rings. The van der Waals surface area contributed by atoms with Crippen LogP contribution in [0.4, 0.5) is 11.8 Å². The van der Waals surface area contributed by atoms with Crippen LogP contribution in [0.15, 0.2) is 30.3 Å². The molecule has 1 aromatic heterocycles. The maximum atomic E-state index is 6.24.